The van der Waals surface area contributed by atoms with Crippen molar-refractivity contribution in [2.45, 2.75) is 31.6 Å². The Morgan fingerprint density at radius 3 is 2.44 bits per heavy atom. The lowest BCUT2D eigenvalue weighted by Gasteiger charge is -2.06. The number of anilines is 2. The standard InChI is InChI=1S/C10H14N6S2/c11-9-15-13-7(17-9)4-5-1-2-6(3-5)8-14-16-10(12)18-8/h5-6H,1-4H2,(H2,11,15)(H2,12,16). The van der Waals surface area contributed by atoms with Gasteiger partial charge in [-0.3, -0.25) is 0 Å². The van der Waals surface area contributed by atoms with E-state index in [1.807, 2.05) is 0 Å². The Morgan fingerprint density at radius 2 is 1.78 bits per heavy atom. The maximum atomic E-state index is 5.62. The Balaban J connectivity index is 1.61. The van der Waals surface area contributed by atoms with Gasteiger partial charge in [-0.15, -0.1) is 20.4 Å². The molecule has 2 aromatic rings. The Bertz CT molecular complexity index is 536. The topological polar surface area (TPSA) is 104 Å². The smallest absolute Gasteiger partial charge is 0.203 e. The maximum absolute atomic E-state index is 5.62. The van der Waals surface area contributed by atoms with Crippen molar-refractivity contribution < 1.29 is 0 Å². The molecule has 4 N–H and O–H groups in total. The van der Waals surface area contributed by atoms with Gasteiger partial charge in [0.1, 0.15) is 10.0 Å². The molecule has 0 spiro atoms. The van der Waals surface area contributed by atoms with Crippen LogP contribution in [0.15, 0.2) is 0 Å². The van der Waals surface area contributed by atoms with Crippen LogP contribution in [0, 0.1) is 5.92 Å². The second-order valence-electron chi connectivity index (χ2n) is 4.59. The lowest BCUT2D eigenvalue weighted by Crippen LogP contribution is -2.00. The average molecular weight is 282 g/mol. The van der Waals surface area contributed by atoms with Gasteiger partial charge < -0.3 is 11.5 Å². The molecule has 0 bridgehead atoms. The summed E-state index contributed by atoms with van der Waals surface area (Å²) >= 11 is 2.99. The molecule has 1 aliphatic carbocycles. The van der Waals surface area contributed by atoms with E-state index in [-0.39, 0.29) is 0 Å². The fraction of sp³-hybridized carbons (Fsp3) is 0.600. The molecule has 0 saturated heterocycles. The van der Waals surface area contributed by atoms with Crippen molar-refractivity contribution in [1.29, 1.82) is 0 Å². The molecule has 8 heteroatoms. The van der Waals surface area contributed by atoms with Gasteiger partial charge in [-0.1, -0.05) is 22.7 Å². The predicted molar refractivity (Wildman–Crippen MR) is 72.4 cm³/mol. The second kappa shape index (κ2) is 4.77. The summed E-state index contributed by atoms with van der Waals surface area (Å²) in [7, 11) is 0. The molecule has 2 heterocycles. The Hall–Kier alpha value is -1.28. The Morgan fingerprint density at radius 1 is 1.00 bits per heavy atom. The first-order chi connectivity index (χ1) is 8.70. The van der Waals surface area contributed by atoms with E-state index < -0.39 is 0 Å². The quantitative estimate of drug-likeness (QED) is 0.887. The van der Waals surface area contributed by atoms with Crippen molar-refractivity contribution in [3.63, 3.8) is 0 Å². The molecule has 0 aliphatic heterocycles. The molecule has 1 fully saturated rings. The molecule has 0 aromatic carbocycles. The molecule has 6 nitrogen and oxygen atoms in total. The Labute approximate surface area is 112 Å². The number of hydrogen-bond acceptors (Lipinski definition) is 8. The van der Waals surface area contributed by atoms with E-state index in [4.69, 9.17) is 11.5 Å². The zero-order chi connectivity index (χ0) is 12.5. The molecule has 1 saturated carbocycles. The van der Waals surface area contributed by atoms with Gasteiger partial charge in [0.15, 0.2) is 0 Å². The van der Waals surface area contributed by atoms with Crippen LogP contribution in [0.3, 0.4) is 0 Å². The number of rotatable bonds is 3. The molecule has 1 aliphatic rings. The minimum atomic E-state index is 0.509. The van der Waals surface area contributed by atoms with Crippen LogP contribution in [0.1, 0.15) is 35.2 Å². The van der Waals surface area contributed by atoms with Crippen LogP contribution in [0.2, 0.25) is 0 Å². The number of aromatic nitrogens is 4. The van der Waals surface area contributed by atoms with E-state index in [1.165, 1.54) is 29.1 Å². The number of hydrogen-bond donors (Lipinski definition) is 2. The summed E-state index contributed by atoms with van der Waals surface area (Å²) in [6.07, 6.45) is 4.46. The van der Waals surface area contributed by atoms with Gasteiger partial charge in [0.2, 0.25) is 10.3 Å². The first-order valence-electron chi connectivity index (χ1n) is 5.87. The molecule has 0 amide bonds. The van der Waals surface area contributed by atoms with Crippen LogP contribution in [0.25, 0.3) is 0 Å². The molecule has 2 aromatic heterocycles. The molecular formula is C10H14N6S2. The van der Waals surface area contributed by atoms with E-state index in [9.17, 15) is 0 Å². The van der Waals surface area contributed by atoms with E-state index in [2.05, 4.69) is 20.4 Å². The van der Waals surface area contributed by atoms with Gasteiger partial charge in [0, 0.05) is 12.3 Å². The highest BCUT2D eigenvalue weighted by atomic mass is 32.1. The summed E-state index contributed by atoms with van der Waals surface area (Å²) in [6, 6.07) is 0. The molecule has 0 radical (unpaired) electrons. The summed E-state index contributed by atoms with van der Waals surface area (Å²) in [6.45, 7) is 0. The van der Waals surface area contributed by atoms with Crippen molar-refractivity contribution in [2.75, 3.05) is 11.5 Å². The van der Waals surface area contributed by atoms with Crippen molar-refractivity contribution in [3.8, 4) is 0 Å². The first-order valence-corrected chi connectivity index (χ1v) is 7.50. The highest BCUT2D eigenvalue weighted by Gasteiger charge is 2.29. The summed E-state index contributed by atoms with van der Waals surface area (Å²) in [5.74, 6) is 1.16. The van der Waals surface area contributed by atoms with Gasteiger partial charge in [-0.05, 0) is 25.2 Å². The normalized spacial score (nSPS) is 23.6. The maximum Gasteiger partial charge on any atom is 0.203 e. The van der Waals surface area contributed by atoms with Crippen LogP contribution in [0.5, 0.6) is 0 Å². The van der Waals surface area contributed by atoms with Gasteiger partial charge in [0.25, 0.3) is 0 Å². The zero-order valence-electron chi connectivity index (χ0n) is 9.74. The summed E-state index contributed by atoms with van der Waals surface area (Å²) in [5.41, 5.74) is 11.2. The average Bonchev–Trinajstić information content (AvgIpc) is 3.01. The van der Waals surface area contributed by atoms with Gasteiger partial charge in [-0.2, -0.15) is 0 Å². The minimum Gasteiger partial charge on any atom is -0.374 e. The predicted octanol–water partition coefficient (Wildman–Crippen LogP) is 1.68. The number of nitrogens with two attached hydrogens (primary N) is 2. The lowest BCUT2D eigenvalue weighted by molar-refractivity contribution is 0.531. The highest BCUT2D eigenvalue weighted by molar-refractivity contribution is 7.15. The van der Waals surface area contributed by atoms with Crippen molar-refractivity contribution >= 4 is 32.9 Å². The second-order valence-corrected chi connectivity index (χ2v) is 6.73. The summed E-state index contributed by atoms with van der Waals surface area (Å²) in [4.78, 5) is 0. The lowest BCUT2D eigenvalue weighted by atomic mass is 10.0. The SMILES string of the molecule is Nc1nnc(CC2CCC(c3nnc(N)s3)C2)s1. The Kier molecular flexibility index (Phi) is 3.13. The fourth-order valence-corrected chi connectivity index (χ4v) is 3.97. The van der Waals surface area contributed by atoms with Crippen LogP contribution >= 0.6 is 22.7 Å². The van der Waals surface area contributed by atoms with Crippen LogP contribution in [-0.4, -0.2) is 20.4 Å². The van der Waals surface area contributed by atoms with Crippen molar-refractivity contribution in [1.82, 2.24) is 20.4 Å². The molecule has 18 heavy (non-hydrogen) atoms. The van der Waals surface area contributed by atoms with E-state index in [0.29, 0.717) is 22.1 Å². The molecule has 2 atom stereocenters. The summed E-state index contributed by atoms with van der Waals surface area (Å²) < 4.78 is 0. The van der Waals surface area contributed by atoms with Crippen LogP contribution in [-0.2, 0) is 6.42 Å². The zero-order valence-corrected chi connectivity index (χ0v) is 11.4. The third kappa shape index (κ3) is 2.44. The van der Waals surface area contributed by atoms with Crippen LogP contribution in [0.4, 0.5) is 10.3 Å². The summed E-state index contributed by atoms with van der Waals surface area (Å²) in [5, 5.41) is 19.2. The van der Waals surface area contributed by atoms with Crippen molar-refractivity contribution in [3.05, 3.63) is 10.0 Å². The fourth-order valence-electron chi connectivity index (χ4n) is 2.49. The minimum absolute atomic E-state index is 0.509. The third-order valence-corrected chi connectivity index (χ3v) is 4.98. The molecular weight excluding hydrogens is 268 g/mol. The molecule has 3 rings (SSSR count). The van der Waals surface area contributed by atoms with Gasteiger partial charge in [-0.25, -0.2) is 0 Å². The molecule has 96 valence electrons. The largest absolute Gasteiger partial charge is 0.374 e. The van der Waals surface area contributed by atoms with E-state index >= 15 is 0 Å². The van der Waals surface area contributed by atoms with Crippen LogP contribution < -0.4 is 11.5 Å². The highest BCUT2D eigenvalue weighted by Crippen LogP contribution is 2.41. The third-order valence-electron chi connectivity index (χ3n) is 3.29. The monoisotopic (exact) mass is 282 g/mol. The first kappa shape index (κ1) is 11.8. The number of nitrogens with zero attached hydrogens (tertiary/aromatic N) is 4. The molecule has 2 unspecified atom stereocenters. The number of nitrogen functional groups attached to an aromatic ring is 2. The van der Waals surface area contributed by atoms with E-state index in [1.54, 1.807) is 0 Å². The van der Waals surface area contributed by atoms with Gasteiger partial charge in [0.05, 0.1) is 0 Å². The van der Waals surface area contributed by atoms with Crippen molar-refractivity contribution in [2.24, 2.45) is 5.92 Å². The van der Waals surface area contributed by atoms with E-state index in [0.717, 1.165) is 29.3 Å². The van der Waals surface area contributed by atoms with Gasteiger partial charge >= 0.3 is 0 Å².